The molecule has 0 spiro atoms. The van der Waals surface area contributed by atoms with Crippen molar-refractivity contribution in [3.8, 4) is 34.0 Å². The van der Waals surface area contributed by atoms with Crippen LogP contribution in [0, 0.1) is 0 Å². The van der Waals surface area contributed by atoms with E-state index in [0.29, 0.717) is 21.0 Å². The van der Waals surface area contributed by atoms with Gasteiger partial charge in [-0.2, -0.15) is 0 Å². The van der Waals surface area contributed by atoms with Gasteiger partial charge in [0.1, 0.15) is 0 Å². The Morgan fingerprint density at radius 3 is 2.31 bits per heavy atom. The minimum absolute atomic E-state index is 0.0944. The third-order valence-electron chi connectivity index (χ3n) is 5.33. The van der Waals surface area contributed by atoms with Crippen molar-refractivity contribution in [1.82, 2.24) is 9.38 Å². The Morgan fingerprint density at radius 2 is 1.59 bits per heavy atom. The van der Waals surface area contributed by atoms with Gasteiger partial charge >= 0.3 is 0 Å². The molecule has 6 rings (SSSR count). The molecule has 5 aromatic rings. The van der Waals surface area contributed by atoms with Crippen LogP contribution >= 0.6 is 27.3 Å². The van der Waals surface area contributed by atoms with E-state index in [9.17, 15) is 4.79 Å². The third-order valence-corrected chi connectivity index (χ3v) is 6.99. The first-order valence-electron chi connectivity index (χ1n) is 9.96. The van der Waals surface area contributed by atoms with Gasteiger partial charge in [0.2, 0.25) is 6.79 Å². The normalized spacial score (nSPS) is 13.2. The van der Waals surface area contributed by atoms with Gasteiger partial charge in [-0.25, -0.2) is 9.38 Å². The van der Waals surface area contributed by atoms with Crippen LogP contribution in [-0.4, -0.2) is 16.2 Å². The number of benzene rings is 3. The highest BCUT2D eigenvalue weighted by Gasteiger charge is 2.20. The topological polar surface area (TPSA) is 52.8 Å². The summed E-state index contributed by atoms with van der Waals surface area (Å²) < 4.78 is 14.1. The summed E-state index contributed by atoms with van der Waals surface area (Å²) in [5.41, 5.74) is 4.28. The summed E-state index contributed by atoms with van der Waals surface area (Å²) in [7, 11) is 0. The summed E-state index contributed by atoms with van der Waals surface area (Å²) in [5.74, 6) is 1.36. The van der Waals surface area contributed by atoms with Crippen LogP contribution in [0.4, 0.5) is 0 Å². The van der Waals surface area contributed by atoms with Gasteiger partial charge in [0.05, 0.1) is 15.9 Å². The number of fused-ring (bicyclic) bond motifs is 2. The van der Waals surface area contributed by atoms with Gasteiger partial charge in [-0.3, -0.25) is 4.79 Å². The quantitative estimate of drug-likeness (QED) is 0.343. The number of thiazole rings is 1. The number of nitrogens with zero attached hydrogens (tertiary/aromatic N) is 2. The van der Waals surface area contributed by atoms with Crippen LogP contribution in [0.2, 0.25) is 0 Å². The van der Waals surface area contributed by atoms with Crippen LogP contribution < -0.4 is 19.6 Å². The van der Waals surface area contributed by atoms with Crippen LogP contribution in [0.15, 0.2) is 82.1 Å². The third kappa shape index (κ3) is 3.13. The van der Waals surface area contributed by atoms with Gasteiger partial charge in [-0.05, 0) is 23.8 Å². The monoisotopic (exact) mass is 502 g/mol. The zero-order valence-corrected chi connectivity index (χ0v) is 19.0. The van der Waals surface area contributed by atoms with E-state index in [1.165, 1.54) is 11.3 Å². The molecule has 2 aromatic heterocycles. The largest absolute Gasteiger partial charge is 0.454 e. The lowest BCUT2D eigenvalue weighted by Crippen LogP contribution is -2.23. The van der Waals surface area contributed by atoms with E-state index in [4.69, 9.17) is 14.5 Å². The minimum atomic E-state index is -0.0944. The Labute approximate surface area is 195 Å². The van der Waals surface area contributed by atoms with Crippen molar-refractivity contribution < 1.29 is 9.47 Å². The molecule has 0 saturated carbocycles. The van der Waals surface area contributed by atoms with E-state index >= 15 is 0 Å². The Hall–Kier alpha value is -3.42. The number of hydrogen-bond acceptors (Lipinski definition) is 5. The molecule has 0 bridgehead atoms. The second-order valence-electron chi connectivity index (χ2n) is 7.30. The second kappa shape index (κ2) is 7.62. The minimum Gasteiger partial charge on any atom is -0.454 e. The second-order valence-corrected chi connectivity index (χ2v) is 9.17. The molecular weight excluding hydrogens is 488 g/mol. The fourth-order valence-electron chi connectivity index (χ4n) is 3.84. The van der Waals surface area contributed by atoms with Gasteiger partial charge < -0.3 is 9.47 Å². The molecule has 1 aliphatic heterocycles. The van der Waals surface area contributed by atoms with E-state index in [-0.39, 0.29) is 12.4 Å². The standard InChI is InChI=1S/C25H15BrN2O3S/c26-18-13-20-19(30-14-31-20)11-17(18)12-21-24(29)28-23(16-9-5-2-6-10-16)22(27-25(28)32-21)15-7-3-1-4-8-15/h1-13H,14H2/b21-12-. The van der Waals surface area contributed by atoms with Crippen LogP contribution in [0.1, 0.15) is 5.56 Å². The lowest BCUT2D eigenvalue weighted by Gasteiger charge is -2.04. The maximum absolute atomic E-state index is 13.5. The Bertz CT molecular complexity index is 1580. The first-order valence-corrected chi connectivity index (χ1v) is 11.6. The van der Waals surface area contributed by atoms with Crippen LogP contribution in [0.3, 0.4) is 0 Å². The molecule has 5 nitrogen and oxygen atoms in total. The van der Waals surface area contributed by atoms with Crippen molar-refractivity contribution in [2.24, 2.45) is 0 Å². The summed E-state index contributed by atoms with van der Waals surface area (Å²) in [5, 5.41) is 0. The summed E-state index contributed by atoms with van der Waals surface area (Å²) >= 11 is 4.95. The molecule has 0 saturated heterocycles. The zero-order valence-electron chi connectivity index (χ0n) is 16.6. The number of aromatic nitrogens is 2. The van der Waals surface area contributed by atoms with Gasteiger partial charge in [-0.15, -0.1) is 0 Å². The van der Waals surface area contributed by atoms with Crippen molar-refractivity contribution in [2.75, 3.05) is 6.79 Å². The predicted molar refractivity (Wildman–Crippen MR) is 129 cm³/mol. The first kappa shape index (κ1) is 19.3. The summed E-state index contributed by atoms with van der Waals surface area (Å²) in [6.07, 6.45) is 1.87. The number of imidazole rings is 1. The molecular formula is C25H15BrN2O3S. The smallest absolute Gasteiger partial charge is 0.274 e. The highest BCUT2D eigenvalue weighted by atomic mass is 79.9. The fraction of sp³-hybridized carbons (Fsp3) is 0.0400. The first-order chi connectivity index (χ1) is 15.7. The number of halogens is 1. The number of ether oxygens (including phenoxy) is 2. The summed E-state index contributed by atoms with van der Waals surface area (Å²) in [6, 6.07) is 23.6. The molecule has 1 aliphatic rings. The van der Waals surface area contributed by atoms with Crippen LogP contribution in [0.25, 0.3) is 33.6 Å². The van der Waals surface area contributed by atoms with E-state index in [1.54, 1.807) is 4.40 Å². The van der Waals surface area contributed by atoms with Crippen LogP contribution in [0.5, 0.6) is 11.5 Å². The van der Waals surface area contributed by atoms with Crippen molar-refractivity contribution in [3.05, 3.63) is 97.7 Å². The Balaban J connectivity index is 1.60. The highest BCUT2D eigenvalue weighted by molar-refractivity contribution is 9.10. The van der Waals surface area contributed by atoms with Crippen molar-refractivity contribution in [2.45, 2.75) is 0 Å². The molecule has 0 N–H and O–H groups in total. The average molecular weight is 503 g/mol. The van der Waals surface area contributed by atoms with E-state index in [0.717, 1.165) is 32.6 Å². The Kier molecular flexibility index (Phi) is 4.59. The molecule has 0 aliphatic carbocycles. The lowest BCUT2D eigenvalue weighted by atomic mass is 10.1. The molecule has 7 heteroatoms. The van der Waals surface area contributed by atoms with E-state index < -0.39 is 0 Å². The number of rotatable bonds is 3. The molecule has 32 heavy (non-hydrogen) atoms. The van der Waals surface area contributed by atoms with E-state index in [2.05, 4.69) is 15.9 Å². The van der Waals surface area contributed by atoms with Gasteiger partial charge in [0.15, 0.2) is 16.5 Å². The highest BCUT2D eigenvalue weighted by Crippen LogP contribution is 2.37. The zero-order chi connectivity index (χ0) is 21.7. The van der Waals surface area contributed by atoms with Crippen molar-refractivity contribution >= 4 is 38.3 Å². The van der Waals surface area contributed by atoms with Crippen molar-refractivity contribution in [3.63, 3.8) is 0 Å². The lowest BCUT2D eigenvalue weighted by molar-refractivity contribution is 0.174. The molecule has 156 valence electrons. The fourth-order valence-corrected chi connectivity index (χ4v) is 5.24. The van der Waals surface area contributed by atoms with Crippen molar-refractivity contribution in [1.29, 1.82) is 0 Å². The summed E-state index contributed by atoms with van der Waals surface area (Å²) in [4.78, 5) is 19.1. The van der Waals surface area contributed by atoms with E-state index in [1.807, 2.05) is 78.9 Å². The van der Waals surface area contributed by atoms with Crippen LogP contribution in [-0.2, 0) is 0 Å². The van der Waals surface area contributed by atoms with Gasteiger partial charge in [-0.1, -0.05) is 87.9 Å². The average Bonchev–Trinajstić information content (AvgIpc) is 3.50. The van der Waals surface area contributed by atoms with Gasteiger partial charge in [0, 0.05) is 15.6 Å². The predicted octanol–water partition coefficient (Wildman–Crippen LogP) is 5.13. The molecule has 0 atom stereocenters. The molecule has 3 heterocycles. The maximum Gasteiger partial charge on any atom is 0.274 e. The molecule has 0 amide bonds. The number of hydrogen-bond donors (Lipinski definition) is 0. The molecule has 0 radical (unpaired) electrons. The molecule has 0 unspecified atom stereocenters. The molecule has 0 fully saturated rings. The summed E-state index contributed by atoms with van der Waals surface area (Å²) in [6.45, 7) is 0.202. The van der Waals surface area contributed by atoms with Gasteiger partial charge in [0.25, 0.3) is 5.56 Å². The SMILES string of the molecule is O=c1/c(=C/c2cc3c(cc2Br)OCO3)sc2nc(-c3ccccc3)c(-c3ccccc3)n12. The Morgan fingerprint density at radius 1 is 0.938 bits per heavy atom. The molecule has 3 aromatic carbocycles. The maximum atomic E-state index is 13.5.